The summed E-state index contributed by atoms with van der Waals surface area (Å²) in [4.78, 5) is 11.2. The quantitative estimate of drug-likeness (QED) is 0.711. The number of piperidine rings is 1. The maximum absolute atomic E-state index is 14.2. The average Bonchev–Trinajstić information content (AvgIpc) is 3.20. The van der Waals surface area contributed by atoms with Gasteiger partial charge in [-0.3, -0.25) is 5.10 Å². The van der Waals surface area contributed by atoms with Gasteiger partial charge >= 0.3 is 0 Å². The molecule has 1 fully saturated rings. The zero-order chi connectivity index (χ0) is 17.0. The number of hydrogen-bond acceptors (Lipinski definition) is 5. The second-order valence-electron chi connectivity index (χ2n) is 7.14. The van der Waals surface area contributed by atoms with E-state index in [-0.39, 0.29) is 17.3 Å². The van der Waals surface area contributed by atoms with Gasteiger partial charge in [-0.2, -0.15) is 5.10 Å². The molecule has 6 nitrogen and oxygen atoms in total. The summed E-state index contributed by atoms with van der Waals surface area (Å²) in [5.41, 5.74) is 9.74. The van der Waals surface area contributed by atoms with Crippen molar-refractivity contribution >= 4 is 17.0 Å². The highest BCUT2D eigenvalue weighted by atomic mass is 19.1. The van der Waals surface area contributed by atoms with Crippen LogP contribution in [0.3, 0.4) is 0 Å². The fraction of sp³-hybridized carbons (Fsp3) is 0.389. The Morgan fingerprint density at radius 2 is 2.08 bits per heavy atom. The van der Waals surface area contributed by atoms with Crippen molar-refractivity contribution in [2.45, 2.75) is 25.3 Å². The Hall–Kier alpha value is -2.54. The molecule has 1 spiro atoms. The van der Waals surface area contributed by atoms with Gasteiger partial charge < -0.3 is 10.6 Å². The van der Waals surface area contributed by atoms with E-state index in [0.717, 1.165) is 54.8 Å². The molecule has 2 aliphatic rings. The lowest BCUT2D eigenvalue weighted by Gasteiger charge is -2.42. The molecule has 3 aromatic rings. The molecule has 5 rings (SSSR count). The summed E-state index contributed by atoms with van der Waals surface area (Å²) in [6.45, 7) is 1.69. The molecule has 0 saturated carbocycles. The Labute approximate surface area is 144 Å². The molecule has 1 saturated heterocycles. The normalized spacial score (nSPS) is 21.8. The minimum absolute atomic E-state index is 0.0491. The number of fused-ring (bicyclic) bond motifs is 2. The van der Waals surface area contributed by atoms with Gasteiger partial charge in [-0.1, -0.05) is 12.1 Å². The third-order valence-electron chi connectivity index (χ3n) is 5.91. The van der Waals surface area contributed by atoms with Crippen LogP contribution in [0.4, 0.5) is 10.2 Å². The van der Waals surface area contributed by atoms with E-state index in [1.54, 1.807) is 18.5 Å². The maximum atomic E-state index is 14.2. The lowest BCUT2D eigenvalue weighted by molar-refractivity contribution is 0.186. The van der Waals surface area contributed by atoms with Crippen LogP contribution in [-0.2, 0) is 6.42 Å². The van der Waals surface area contributed by atoms with Gasteiger partial charge in [-0.15, -0.1) is 0 Å². The predicted octanol–water partition coefficient (Wildman–Crippen LogP) is 2.33. The molecule has 1 aliphatic heterocycles. The summed E-state index contributed by atoms with van der Waals surface area (Å²) in [7, 11) is 0. The standard InChI is InChI=1S/C18H19FN6/c19-13-3-1-2-11-12(13)8-18(16(11)20)4-6-25(7-5-18)15-10-21-14-9-22-24-17(14)23-15/h1-3,9-10,16H,4-8,20H2,(H,22,23,24)/t16-/m0/s1. The van der Waals surface area contributed by atoms with Crippen molar-refractivity contribution in [2.75, 3.05) is 18.0 Å². The Morgan fingerprint density at radius 1 is 1.24 bits per heavy atom. The van der Waals surface area contributed by atoms with Gasteiger partial charge in [0.2, 0.25) is 0 Å². The highest BCUT2D eigenvalue weighted by Gasteiger charge is 2.47. The third kappa shape index (κ3) is 2.15. The molecular formula is C18H19FN6. The largest absolute Gasteiger partial charge is 0.355 e. The topological polar surface area (TPSA) is 83.7 Å². The van der Waals surface area contributed by atoms with E-state index in [4.69, 9.17) is 5.73 Å². The Balaban J connectivity index is 1.39. The first kappa shape index (κ1) is 14.8. The molecule has 3 N–H and O–H groups in total. The lowest BCUT2D eigenvalue weighted by atomic mass is 9.73. The van der Waals surface area contributed by atoms with Gasteiger partial charge in [-0.25, -0.2) is 14.4 Å². The number of nitrogens with one attached hydrogen (secondary N) is 1. The second kappa shape index (κ2) is 5.23. The highest BCUT2D eigenvalue weighted by molar-refractivity contribution is 5.70. The Bertz CT molecular complexity index is 944. The minimum Gasteiger partial charge on any atom is -0.355 e. The molecule has 25 heavy (non-hydrogen) atoms. The van der Waals surface area contributed by atoms with Gasteiger partial charge in [0, 0.05) is 19.1 Å². The van der Waals surface area contributed by atoms with Crippen molar-refractivity contribution in [1.82, 2.24) is 20.2 Å². The van der Waals surface area contributed by atoms with Gasteiger partial charge in [0.05, 0.1) is 12.4 Å². The Morgan fingerprint density at radius 3 is 2.88 bits per heavy atom. The monoisotopic (exact) mass is 338 g/mol. The van der Waals surface area contributed by atoms with Gasteiger partial charge in [0.15, 0.2) is 5.65 Å². The molecular weight excluding hydrogens is 319 g/mol. The number of anilines is 1. The van der Waals surface area contributed by atoms with E-state index in [1.165, 1.54) is 6.07 Å². The zero-order valence-electron chi connectivity index (χ0n) is 13.7. The fourth-order valence-electron chi connectivity index (χ4n) is 4.39. The SMILES string of the molecule is N[C@H]1c2cccc(F)c2CC12CCN(c1cnc3cn[nH]c3n1)CC2. The van der Waals surface area contributed by atoms with Crippen LogP contribution in [0.2, 0.25) is 0 Å². The van der Waals surface area contributed by atoms with E-state index in [9.17, 15) is 4.39 Å². The highest BCUT2D eigenvalue weighted by Crippen LogP contribution is 2.51. The van der Waals surface area contributed by atoms with Crippen LogP contribution >= 0.6 is 0 Å². The summed E-state index contributed by atoms with van der Waals surface area (Å²) in [5, 5.41) is 6.83. The number of hydrogen-bond donors (Lipinski definition) is 2. The molecule has 0 amide bonds. The number of nitrogens with zero attached hydrogens (tertiary/aromatic N) is 4. The van der Waals surface area contributed by atoms with Crippen LogP contribution < -0.4 is 10.6 Å². The number of nitrogens with two attached hydrogens (primary N) is 1. The molecule has 1 atom stereocenters. The fourth-order valence-corrected chi connectivity index (χ4v) is 4.39. The zero-order valence-corrected chi connectivity index (χ0v) is 13.7. The maximum Gasteiger partial charge on any atom is 0.176 e. The summed E-state index contributed by atoms with van der Waals surface area (Å²) < 4.78 is 14.2. The van der Waals surface area contributed by atoms with Crippen molar-refractivity contribution in [2.24, 2.45) is 11.1 Å². The summed E-state index contributed by atoms with van der Waals surface area (Å²) in [6, 6.07) is 5.18. The van der Waals surface area contributed by atoms with Gasteiger partial charge in [-0.05, 0) is 41.9 Å². The van der Waals surface area contributed by atoms with Crippen LogP contribution in [0.5, 0.6) is 0 Å². The molecule has 1 aromatic carbocycles. The van der Waals surface area contributed by atoms with E-state index in [0.29, 0.717) is 5.65 Å². The Kier molecular flexibility index (Phi) is 3.09. The second-order valence-corrected chi connectivity index (χ2v) is 7.14. The van der Waals surface area contributed by atoms with Crippen molar-refractivity contribution in [3.8, 4) is 0 Å². The first-order chi connectivity index (χ1) is 12.2. The van der Waals surface area contributed by atoms with Crippen LogP contribution in [0, 0.1) is 11.2 Å². The molecule has 3 heterocycles. The number of halogens is 1. The molecule has 0 bridgehead atoms. The number of benzene rings is 1. The van der Waals surface area contributed by atoms with E-state index in [2.05, 4.69) is 25.1 Å². The number of aromatic nitrogens is 4. The third-order valence-corrected chi connectivity index (χ3v) is 5.91. The first-order valence-corrected chi connectivity index (χ1v) is 8.60. The van der Waals surface area contributed by atoms with Crippen LogP contribution in [-0.4, -0.2) is 33.3 Å². The van der Waals surface area contributed by atoms with Gasteiger partial charge in [0.25, 0.3) is 0 Å². The van der Waals surface area contributed by atoms with E-state index < -0.39 is 0 Å². The summed E-state index contributed by atoms with van der Waals surface area (Å²) >= 11 is 0. The van der Waals surface area contributed by atoms with Crippen molar-refractivity contribution < 1.29 is 4.39 Å². The minimum atomic E-state index is -0.122. The van der Waals surface area contributed by atoms with Crippen LogP contribution in [0.15, 0.2) is 30.6 Å². The molecule has 128 valence electrons. The number of aromatic amines is 1. The van der Waals surface area contributed by atoms with Crippen molar-refractivity contribution in [3.05, 3.63) is 47.5 Å². The summed E-state index contributed by atoms with van der Waals surface area (Å²) in [5.74, 6) is 0.727. The molecule has 1 aliphatic carbocycles. The first-order valence-electron chi connectivity index (χ1n) is 8.60. The molecule has 2 aromatic heterocycles. The summed E-state index contributed by atoms with van der Waals surface area (Å²) in [6.07, 6.45) is 6.03. The number of rotatable bonds is 1. The van der Waals surface area contributed by atoms with Crippen molar-refractivity contribution in [3.63, 3.8) is 0 Å². The number of H-pyrrole nitrogens is 1. The smallest absolute Gasteiger partial charge is 0.176 e. The van der Waals surface area contributed by atoms with Crippen molar-refractivity contribution in [1.29, 1.82) is 0 Å². The van der Waals surface area contributed by atoms with Crippen LogP contribution in [0.1, 0.15) is 30.0 Å². The molecule has 7 heteroatoms. The molecule has 0 unspecified atom stereocenters. The van der Waals surface area contributed by atoms with E-state index >= 15 is 0 Å². The molecule has 0 radical (unpaired) electrons. The predicted molar refractivity (Wildman–Crippen MR) is 92.6 cm³/mol. The average molecular weight is 338 g/mol. The van der Waals surface area contributed by atoms with Gasteiger partial charge in [0.1, 0.15) is 17.2 Å². The lowest BCUT2D eigenvalue weighted by Crippen LogP contribution is -2.44. The van der Waals surface area contributed by atoms with Crippen LogP contribution in [0.25, 0.3) is 11.2 Å². The van der Waals surface area contributed by atoms with E-state index in [1.807, 2.05) is 6.07 Å².